The van der Waals surface area contributed by atoms with Gasteiger partial charge in [-0.25, -0.2) is 0 Å². The number of halogens is 1. The summed E-state index contributed by atoms with van der Waals surface area (Å²) < 4.78 is 5.86. The Bertz CT molecular complexity index is 928. The lowest BCUT2D eigenvalue weighted by atomic mass is 9.93. The van der Waals surface area contributed by atoms with Crippen LogP contribution in [0, 0.1) is 0 Å². The second-order valence-corrected chi connectivity index (χ2v) is 6.64. The van der Waals surface area contributed by atoms with E-state index in [1.54, 1.807) is 0 Å². The van der Waals surface area contributed by atoms with Crippen molar-refractivity contribution in [2.45, 2.75) is 12.5 Å². The van der Waals surface area contributed by atoms with E-state index in [0.717, 1.165) is 17.9 Å². The predicted octanol–water partition coefficient (Wildman–Crippen LogP) is 6.73. The van der Waals surface area contributed by atoms with Crippen molar-refractivity contribution in [1.82, 2.24) is 0 Å². The van der Waals surface area contributed by atoms with Crippen molar-refractivity contribution < 1.29 is 4.74 Å². The van der Waals surface area contributed by atoms with Crippen LogP contribution < -0.4 is 4.74 Å². The van der Waals surface area contributed by atoms with Crippen LogP contribution in [0.1, 0.15) is 23.6 Å². The van der Waals surface area contributed by atoms with Gasteiger partial charge in [0.05, 0.1) is 6.04 Å². The lowest BCUT2D eigenvalue weighted by Gasteiger charge is -2.19. The van der Waals surface area contributed by atoms with Gasteiger partial charge < -0.3 is 4.74 Å². The average Bonchev–Trinajstić information content (AvgIpc) is 2.71. The van der Waals surface area contributed by atoms with E-state index >= 15 is 0 Å². The Hall–Kier alpha value is -2.84. The highest BCUT2D eigenvalue weighted by Gasteiger charge is 2.16. The van der Waals surface area contributed by atoms with E-state index in [2.05, 4.69) is 47.5 Å². The fraction of sp³-hybridized carbons (Fsp3) is 0.0870. The van der Waals surface area contributed by atoms with E-state index in [4.69, 9.17) is 16.3 Å². The normalized spacial score (nSPS) is 16.2. The van der Waals surface area contributed by atoms with Crippen molar-refractivity contribution in [3.8, 4) is 11.5 Å². The van der Waals surface area contributed by atoms with Crippen LogP contribution in [0.4, 0.5) is 0 Å². The van der Waals surface area contributed by atoms with Crippen molar-refractivity contribution >= 4 is 23.4 Å². The van der Waals surface area contributed by atoms with E-state index < -0.39 is 0 Å². The van der Waals surface area contributed by atoms with Gasteiger partial charge in [0.1, 0.15) is 11.5 Å². The number of ether oxygens (including phenoxy) is 1. The fourth-order valence-electron chi connectivity index (χ4n) is 3.03. The van der Waals surface area contributed by atoms with E-state index in [1.165, 1.54) is 16.7 Å². The number of rotatable bonds is 4. The van der Waals surface area contributed by atoms with Gasteiger partial charge in [0, 0.05) is 11.2 Å². The van der Waals surface area contributed by atoms with Crippen molar-refractivity contribution in [2.24, 2.45) is 4.99 Å². The summed E-state index contributed by atoms with van der Waals surface area (Å²) in [6, 6.07) is 26.1. The lowest BCUT2D eigenvalue weighted by Crippen LogP contribution is -2.02. The SMILES string of the molecule is Clc1ccc(Oc2ccc(C3CC(c4ccccc4)=CC=N3)cc2)cc1. The van der Waals surface area contributed by atoms with Crippen LogP contribution >= 0.6 is 11.6 Å². The minimum absolute atomic E-state index is 0.139. The molecule has 0 amide bonds. The Morgan fingerprint density at radius 3 is 2.15 bits per heavy atom. The summed E-state index contributed by atoms with van der Waals surface area (Å²) >= 11 is 5.90. The number of nitrogens with zero attached hydrogens (tertiary/aromatic N) is 1. The van der Waals surface area contributed by atoms with Crippen molar-refractivity contribution in [3.63, 3.8) is 0 Å². The molecule has 0 aromatic heterocycles. The molecule has 0 saturated heterocycles. The molecule has 0 spiro atoms. The maximum Gasteiger partial charge on any atom is 0.127 e. The van der Waals surface area contributed by atoms with Crippen LogP contribution in [0.2, 0.25) is 5.02 Å². The average molecular weight is 360 g/mol. The Morgan fingerprint density at radius 2 is 1.46 bits per heavy atom. The topological polar surface area (TPSA) is 21.6 Å². The molecular formula is C23H18ClNO. The molecule has 128 valence electrons. The monoisotopic (exact) mass is 359 g/mol. The highest BCUT2D eigenvalue weighted by atomic mass is 35.5. The number of allylic oxidation sites excluding steroid dienone is 1. The first-order valence-corrected chi connectivity index (χ1v) is 8.97. The number of benzene rings is 3. The number of hydrogen-bond donors (Lipinski definition) is 0. The van der Waals surface area contributed by atoms with Gasteiger partial charge in [-0.3, -0.25) is 4.99 Å². The molecule has 0 radical (unpaired) electrons. The Balaban J connectivity index is 1.46. The first-order chi connectivity index (χ1) is 12.8. The van der Waals surface area contributed by atoms with Gasteiger partial charge in [-0.05, 0) is 65.6 Å². The molecule has 3 heteroatoms. The zero-order valence-electron chi connectivity index (χ0n) is 14.2. The van der Waals surface area contributed by atoms with Crippen molar-refractivity contribution in [2.75, 3.05) is 0 Å². The summed E-state index contributed by atoms with van der Waals surface area (Å²) in [5.41, 5.74) is 3.75. The molecule has 4 rings (SSSR count). The molecule has 3 aromatic carbocycles. The molecule has 1 aliphatic rings. The molecule has 2 nitrogen and oxygen atoms in total. The largest absolute Gasteiger partial charge is 0.457 e. The molecule has 1 atom stereocenters. The van der Waals surface area contributed by atoms with E-state index in [1.807, 2.05) is 48.7 Å². The summed E-state index contributed by atoms with van der Waals surface area (Å²) in [6.07, 6.45) is 4.91. The maximum atomic E-state index is 5.90. The third kappa shape index (κ3) is 3.87. The molecule has 26 heavy (non-hydrogen) atoms. The maximum absolute atomic E-state index is 5.90. The highest BCUT2D eigenvalue weighted by molar-refractivity contribution is 6.30. The third-order valence-electron chi connectivity index (χ3n) is 4.41. The Labute approximate surface area is 158 Å². The van der Waals surface area contributed by atoms with Gasteiger partial charge in [0.2, 0.25) is 0 Å². The first-order valence-electron chi connectivity index (χ1n) is 8.59. The van der Waals surface area contributed by atoms with Crippen LogP contribution in [-0.4, -0.2) is 6.21 Å². The highest BCUT2D eigenvalue weighted by Crippen LogP contribution is 2.33. The molecule has 1 aliphatic heterocycles. The third-order valence-corrected chi connectivity index (χ3v) is 4.67. The molecule has 3 aromatic rings. The van der Waals surface area contributed by atoms with Crippen LogP contribution in [-0.2, 0) is 0 Å². The number of hydrogen-bond acceptors (Lipinski definition) is 2. The molecular weight excluding hydrogens is 342 g/mol. The summed E-state index contributed by atoms with van der Waals surface area (Å²) in [5, 5.41) is 0.699. The van der Waals surface area contributed by atoms with E-state index in [9.17, 15) is 0 Å². The van der Waals surface area contributed by atoms with Crippen LogP contribution in [0.3, 0.4) is 0 Å². The minimum Gasteiger partial charge on any atom is -0.457 e. The molecule has 0 N–H and O–H groups in total. The number of dihydropyridines is 1. The molecule has 1 unspecified atom stereocenters. The van der Waals surface area contributed by atoms with Crippen molar-refractivity contribution in [1.29, 1.82) is 0 Å². The number of aliphatic imine (C=N–C) groups is 1. The van der Waals surface area contributed by atoms with Gasteiger partial charge in [0.15, 0.2) is 0 Å². The summed E-state index contributed by atoms with van der Waals surface area (Å²) in [6.45, 7) is 0. The van der Waals surface area contributed by atoms with E-state index in [-0.39, 0.29) is 6.04 Å². The zero-order chi connectivity index (χ0) is 17.8. The van der Waals surface area contributed by atoms with E-state index in [0.29, 0.717) is 5.02 Å². The van der Waals surface area contributed by atoms with Gasteiger partial charge >= 0.3 is 0 Å². The molecule has 0 fully saturated rings. The van der Waals surface area contributed by atoms with Gasteiger partial charge in [-0.2, -0.15) is 0 Å². The van der Waals surface area contributed by atoms with Crippen LogP contribution in [0.5, 0.6) is 11.5 Å². The minimum atomic E-state index is 0.139. The Morgan fingerprint density at radius 1 is 0.808 bits per heavy atom. The van der Waals surface area contributed by atoms with Gasteiger partial charge in [0.25, 0.3) is 0 Å². The van der Waals surface area contributed by atoms with Crippen molar-refractivity contribution in [3.05, 3.63) is 101 Å². The Kier molecular flexibility index (Phi) is 4.85. The summed E-state index contributed by atoms with van der Waals surface area (Å²) in [7, 11) is 0. The molecule has 0 aliphatic carbocycles. The second-order valence-electron chi connectivity index (χ2n) is 6.20. The van der Waals surface area contributed by atoms with Gasteiger partial charge in [-0.1, -0.05) is 54.1 Å². The predicted molar refractivity (Wildman–Crippen MR) is 108 cm³/mol. The smallest absolute Gasteiger partial charge is 0.127 e. The van der Waals surface area contributed by atoms with Crippen LogP contribution in [0.15, 0.2) is 89.9 Å². The standard InChI is InChI=1S/C23H18ClNO/c24-20-8-12-22(13-9-20)26-21-10-6-18(7-11-21)23-16-19(14-15-25-23)17-4-2-1-3-5-17/h1-15,23H,16H2. The lowest BCUT2D eigenvalue weighted by molar-refractivity contribution is 0.482. The van der Waals surface area contributed by atoms with Crippen LogP contribution in [0.25, 0.3) is 5.57 Å². The second kappa shape index (κ2) is 7.59. The first kappa shape index (κ1) is 16.6. The zero-order valence-corrected chi connectivity index (χ0v) is 14.9. The summed E-state index contributed by atoms with van der Waals surface area (Å²) in [5.74, 6) is 1.57. The molecule has 0 bridgehead atoms. The molecule has 1 heterocycles. The fourth-order valence-corrected chi connectivity index (χ4v) is 3.16. The van der Waals surface area contributed by atoms with Gasteiger partial charge in [-0.15, -0.1) is 0 Å². The quantitative estimate of drug-likeness (QED) is 0.506. The summed E-state index contributed by atoms with van der Waals surface area (Å²) in [4.78, 5) is 4.64. The molecule has 0 saturated carbocycles.